The first-order chi connectivity index (χ1) is 7.63. The van der Waals surface area contributed by atoms with Crippen molar-refractivity contribution in [3.05, 3.63) is 0 Å². The summed E-state index contributed by atoms with van der Waals surface area (Å²) in [6.07, 6.45) is 1.99. The second-order valence-corrected chi connectivity index (χ2v) is 4.67. The number of hydrogen-bond donors (Lipinski definition) is 1. The van der Waals surface area contributed by atoms with Crippen molar-refractivity contribution >= 4 is 5.91 Å². The molecule has 16 heavy (non-hydrogen) atoms. The fourth-order valence-corrected chi connectivity index (χ4v) is 2.32. The molecule has 2 rings (SSSR count). The van der Waals surface area contributed by atoms with Crippen molar-refractivity contribution in [3.8, 4) is 0 Å². The predicted octanol–water partition coefficient (Wildman–Crippen LogP) is -0.0418. The summed E-state index contributed by atoms with van der Waals surface area (Å²) < 4.78 is 10.4. The zero-order valence-electron chi connectivity index (χ0n) is 10.2. The van der Waals surface area contributed by atoms with Crippen molar-refractivity contribution in [3.63, 3.8) is 0 Å². The minimum absolute atomic E-state index is 0.0490. The lowest BCUT2D eigenvalue weighted by molar-refractivity contribution is -0.132. The van der Waals surface area contributed by atoms with Crippen LogP contribution in [0.5, 0.6) is 0 Å². The van der Waals surface area contributed by atoms with Crippen LogP contribution in [0.2, 0.25) is 0 Å². The van der Waals surface area contributed by atoms with Gasteiger partial charge in [-0.3, -0.25) is 10.1 Å². The van der Waals surface area contributed by atoms with E-state index in [0.29, 0.717) is 13.2 Å². The quantitative estimate of drug-likeness (QED) is 0.717. The number of nitrogens with one attached hydrogen (secondary N) is 1. The summed E-state index contributed by atoms with van der Waals surface area (Å²) in [4.78, 5) is 14.0. The molecule has 5 heteroatoms. The van der Waals surface area contributed by atoms with Gasteiger partial charge in [0.15, 0.2) is 0 Å². The van der Waals surface area contributed by atoms with E-state index in [9.17, 15) is 4.79 Å². The highest BCUT2D eigenvalue weighted by atomic mass is 16.5. The van der Waals surface area contributed by atoms with Crippen LogP contribution in [0.3, 0.4) is 0 Å². The lowest BCUT2D eigenvalue weighted by Crippen LogP contribution is -2.42. The number of rotatable bonds is 5. The van der Waals surface area contributed by atoms with Crippen LogP contribution in [0, 0.1) is 0 Å². The van der Waals surface area contributed by atoms with Crippen LogP contribution in [-0.4, -0.2) is 56.0 Å². The SMILES string of the molecule is COCC(CN1C(=O)C2(CC2)NC1C)OC. The Balaban J connectivity index is 1.96. The number of ether oxygens (including phenoxy) is 2. The molecular formula is C11H20N2O3. The molecule has 92 valence electrons. The van der Waals surface area contributed by atoms with Crippen LogP contribution in [0.15, 0.2) is 0 Å². The average Bonchev–Trinajstić information content (AvgIpc) is 2.99. The molecule has 1 amide bonds. The van der Waals surface area contributed by atoms with E-state index in [4.69, 9.17) is 9.47 Å². The molecule has 1 spiro atoms. The molecule has 0 aromatic carbocycles. The highest BCUT2D eigenvalue weighted by molar-refractivity contribution is 5.91. The minimum Gasteiger partial charge on any atom is -0.382 e. The Kier molecular flexibility index (Phi) is 3.19. The molecule has 0 radical (unpaired) electrons. The van der Waals surface area contributed by atoms with Crippen molar-refractivity contribution in [1.82, 2.24) is 10.2 Å². The largest absolute Gasteiger partial charge is 0.382 e. The van der Waals surface area contributed by atoms with E-state index in [1.54, 1.807) is 14.2 Å². The first kappa shape index (κ1) is 11.8. The summed E-state index contributed by atoms with van der Waals surface area (Å²) in [5.41, 5.74) is -0.231. The van der Waals surface area contributed by atoms with Crippen LogP contribution in [0.1, 0.15) is 19.8 Å². The van der Waals surface area contributed by atoms with Gasteiger partial charge >= 0.3 is 0 Å². The Hall–Kier alpha value is -0.650. The number of carbonyl (C=O) groups excluding carboxylic acids is 1. The fraction of sp³-hybridized carbons (Fsp3) is 0.909. The fourth-order valence-electron chi connectivity index (χ4n) is 2.32. The zero-order chi connectivity index (χ0) is 11.8. The molecule has 2 aliphatic rings. The molecule has 1 heterocycles. The van der Waals surface area contributed by atoms with Gasteiger partial charge in [-0.05, 0) is 19.8 Å². The molecule has 0 bridgehead atoms. The number of methoxy groups -OCH3 is 2. The van der Waals surface area contributed by atoms with Crippen molar-refractivity contribution < 1.29 is 14.3 Å². The van der Waals surface area contributed by atoms with Crippen molar-refractivity contribution in [2.45, 2.75) is 37.6 Å². The van der Waals surface area contributed by atoms with Crippen molar-refractivity contribution in [2.24, 2.45) is 0 Å². The van der Waals surface area contributed by atoms with Gasteiger partial charge in [0.1, 0.15) is 0 Å². The third kappa shape index (κ3) is 1.95. The van der Waals surface area contributed by atoms with Crippen molar-refractivity contribution in [2.75, 3.05) is 27.4 Å². The molecule has 1 saturated carbocycles. The number of nitrogens with zero attached hydrogens (tertiary/aromatic N) is 1. The molecule has 0 aromatic rings. The molecule has 1 aliphatic heterocycles. The standard InChI is InChI=1S/C11H20N2O3/c1-8-12-11(4-5-11)10(14)13(8)6-9(16-3)7-15-2/h8-9,12H,4-7H2,1-3H3. The predicted molar refractivity (Wildman–Crippen MR) is 58.9 cm³/mol. The normalized spacial score (nSPS) is 28.8. The second kappa shape index (κ2) is 4.31. The average molecular weight is 228 g/mol. The van der Waals surface area contributed by atoms with E-state index in [2.05, 4.69) is 5.32 Å². The lowest BCUT2D eigenvalue weighted by atomic mass is 10.2. The maximum absolute atomic E-state index is 12.1. The van der Waals surface area contributed by atoms with Crippen LogP contribution < -0.4 is 5.32 Å². The van der Waals surface area contributed by atoms with E-state index < -0.39 is 0 Å². The molecule has 2 fully saturated rings. The van der Waals surface area contributed by atoms with Gasteiger partial charge < -0.3 is 14.4 Å². The summed E-state index contributed by atoms with van der Waals surface area (Å²) >= 11 is 0. The molecule has 1 saturated heterocycles. The van der Waals surface area contributed by atoms with Gasteiger partial charge in [-0.15, -0.1) is 0 Å². The van der Waals surface area contributed by atoms with Gasteiger partial charge in [0.05, 0.1) is 31.0 Å². The molecule has 2 unspecified atom stereocenters. The molecule has 1 N–H and O–H groups in total. The van der Waals surface area contributed by atoms with Crippen LogP contribution in [0.4, 0.5) is 0 Å². The summed E-state index contributed by atoms with van der Waals surface area (Å²) in [5, 5.41) is 3.36. The van der Waals surface area contributed by atoms with E-state index in [-0.39, 0.29) is 23.7 Å². The summed E-state index contributed by atoms with van der Waals surface area (Å²) in [5.74, 6) is 0.221. The summed E-state index contributed by atoms with van der Waals surface area (Å²) in [6.45, 7) is 3.13. The first-order valence-corrected chi connectivity index (χ1v) is 5.73. The van der Waals surface area contributed by atoms with Gasteiger partial charge in [0.25, 0.3) is 0 Å². The highest BCUT2D eigenvalue weighted by Gasteiger charge is 2.58. The Bertz CT molecular complexity index is 278. The topological polar surface area (TPSA) is 50.8 Å². The molecular weight excluding hydrogens is 208 g/mol. The highest BCUT2D eigenvalue weighted by Crippen LogP contribution is 2.41. The van der Waals surface area contributed by atoms with Crippen LogP contribution in [0.25, 0.3) is 0 Å². The van der Waals surface area contributed by atoms with Crippen LogP contribution in [-0.2, 0) is 14.3 Å². The smallest absolute Gasteiger partial charge is 0.244 e. The monoisotopic (exact) mass is 228 g/mol. The third-order valence-electron chi connectivity index (χ3n) is 3.46. The third-order valence-corrected chi connectivity index (χ3v) is 3.46. The van der Waals surface area contributed by atoms with E-state index in [0.717, 1.165) is 12.8 Å². The summed E-state index contributed by atoms with van der Waals surface area (Å²) in [7, 11) is 3.29. The van der Waals surface area contributed by atoms with Crippen molar-refractivity contribution in [1.29, 1.82) is 0 Å². The first-order valence-electron chi connectivity index (χ1n) is 5.73. The number of amides is 1. The molecule has 2 atom stereocenters. The minimum atomic E-state index is -0.231. The lowest BCUT2D eigenvalue weighted by Gasteiger charge is -2.25. The maximum atomic E-state index is 12.1. The zero-order valence-corrected chi connectivity index (χ0v) is 10.2. The van der Waals surface area contributed by atoms with E-state index >= 15 is 0 Å². The van der Waals surface area contributed by atoms with Crippen LogP contribution >= 0.6 is 0 Å². The van der Waals surface area contributed by atoms with Gasteiger partial charge in [0.2, 0.25) is 5.91 Å². The second-order valence-electron chi connectivity index (χ2n) is 4.67. The molecule has 0 aromatic heterocycles. The van der Waals surface area contributed by atoms with E-state index in [1.807, 2.05) is 11.8 Å². The Morgan fingerprint density at radius 1 is 1.56 bits per heavy atom. The Labute approximate surface area is 96.1 Å². The maximum Gasteiger partial charge on any atom is 0.244 e. The van der Waals surface area contributed by atoms with Gasteiger partial charge in [0, 0.05) is 14.2 Å². The molecule has 1 aliphatic carbocycles. The number of hydrogen-bond acceptors (Lipinski definition) is 4. The van der Waals surface area contributed by atoms with Gasteiger partial charge in [-0.1, -0.05) is 0 Å². The van der Waals surface area contributed by atoms with Gasteiger partial charge in [-0.2, -0.15) is 0 Å². The summed E-state index contributed by atoms with van der Waals surface area (Å²) in [6, 6.07) is 0. The molecule has 5 nitrogen and oxygen atoms in total. The van der Waals surface area contributed by atoms with E-state index in [1.165, 1.54) is 0 Å². The Morgan fingerprint density at radius 2 is 2.25 bits per heavy atom. The Morgan fingerprint density at radius 3 is 2.69 bits per heavy atom. The number of carbonyl (C=O) groups is 1. The van der Waals surface area contributed by atoms with Gasteiger partial charge in [-0.25, -0.2) is 0 Å².